The smallest absolute Gasteiger partial charge is 0.233 e. The fraction of sp³-hybridized carbons (Fsp3) is 0.611. The Bertz CT molecular complexity index is 550. The van der Waals surface area contributed by atoms with Gasteiger partial charge in [0.25, 0.3) is 0 Å². The first-order valence-electron chi connectivity index (χ1n) is 8.29. The summed E-state index contributed by atoms with van der Waals surface area (Å²) in [5.41, 5.74) is 9.69. The van der Waals surface area contributed by atoms with Gasteiger partial charge in [-0.25, -0.2) is 0 Å². The average Bonchev–Trinajstić information content (AvgIpc) is 3.08. The fourth-order valence-corrected chi connectivity index (χ4v) is 4.00. The van der Waals surface area contributed by atoms with Gasteiger partial charge in [0.2, 0.25) is 5.91 Å². The maximum Gasteiger partial charge on any atom is 0.233 e. The minimum Gasteiger partial charge on any atom is -0.342 e. The summed E-state index contributed by atoms with van der Waals surface area (Å²) >= 11 is 0. The van der Waals surface area contributed by atoms with E-state index < -0.39 is 0 Å². The third-order valence-electron chi connectivity index (χ3n) is 5.44. The molecule has 114 valence electrons. The molecule has 3 nitrogen and oxygen atoms in total. The lowest BCUT2D eigenvalue weighted by molar-refractivity contribution is -0.134. The Morgan fingerprint density at radius 2 is 2.00 bits per heavy atom. The summed E-state index contributed by atoms with van der Waals surface area (Å²) in [4.78, 5) is 15.0. The van der Waals surface area contributed by atoms with E-state index in [0.717, 1.165) is 25.9 Å². The lowest BCUT2D eigenvalue weighted by Gasteiger charge is -2.27. The van der Waals surface area contributed by atoms with Crippen LogP contribution in [0.1, 0.15) is 43.4 Å². The summed E-state index contributed by atoms with van der Waals surface area (Å²) in [6.07, 6.45) is 4.51. The zero-order chi connectivity index (χ0) is 15.0. The zero-order valence-electron chi connectivity index (χ0n) is 13.2. The summed E-state index contributed by atoms with van der Waals surface area (Å²) in [5, 5.41) is 0. The molecule has 0 bridgehead atoms. The minimum absolute atomic E-state index is 0.279. The molecule has 0 heterocycles. The number of nitrogens with two attached hydrogens (primary N) is 1. The van der Waals surface area contributed by atoms with Crippen molar-refractivity contribution in [1.29, 1.82) is 0 Å². The Balaban J connectivity index is 1.97. The molecule has 1 amide bonds. The first kappa shape index (κ1) is 14.6. The van der Waals surface area contributed by atoms with E-state index in [1.165, 1.54) is 29.5 Å². The number of benzene rings is 1. The van der Waals surface area contributed by atoms with E-state index in [0.29, 0.717) is 12.5 Å². The molecule has 0 spiro atoms. The van der Waals surface area contributed by atoms with Gasteiger partial charge in [-0.15, -0.1) is 0 Å². The highest BCUT2D eigenvalue weighted by atomic mass is 16.2. The summed E-state index contributed by atoms with van der Waals surface area (Å²) in [5.74, 6) is 0.589. The molecule has 1 aromatic carbocycles. The van der Waals surface area contributed by atoms with Gasteiger partial charge in [0.15, 0.2) is 0 Å². The van der Waals surface area contributed by atoms with Gasteiger partial charge in [-0.3, -0.25) is 4.79 Å². The molecule has 2 aliphatic rings. The summed E-state index contributed by atoms with van der Waals surface area (Å²) in [7, 11) is 0. The Labute approximate surface area is 127 Å². The van der Waals surface area contributed by atoms with E-state index in [1.54, 1.807) is 0 Å². The van der Waals surface area contributed by atoms with E-state index >= 15 is 0 Å². The topological polar surface area (TPSA) is 46.3 Å². The molecule has 2 aliphatic carbocycles. The Hall–Kier alpha value is -1.35. The highest BCUT2D eigenvalue weighted by molar-refractivity contribution is 5.92. The van der Waals surface area contributed by atoms with Crippen molar-refractivity contribution in [3.63, 3.8) is 0 Å². The van der Waals surface area contributed by atoms with Crippen LogP contribution in [-0.2, 0) is 23.1 Å². The van der Waals surface area contributed by atoms with Crippen molar-refractivity contribution < 1.29 is 4.79 Å². The standard InChI is InChI=1S/C18H26N2O/c1-3-20(4-2)17(21)18(11-16(18)12-19)15-9-8-13-6-5-7-14(13)10-15/h8-10,16H,3-7,11-12,19H2,1-2H3/t16-,18+/m0/s1. The van der Waals surface area contributed by atoms with E-state index in [4.69, 9.17) is 5.73 Å². The molecule has 0 saturated heterocycles. The summed E-state index contributed by atoms with van der Waals surface area (Å²) in [6, 6.07) is 6.71. The largest absolute Gasteiger partial charge is 0.342 e. The Kier molecular flexibility index (Phi) is 3.78. The maximum atomic E-state index is 13.0. The lowest BCUT2D eigenvalue weighted by atomic mass is 9.89. The first-order valence-corrected chi connectivity index (χ1v) is 8.29. The number of aryl methyl sites for hydroxylation is 2. The van der Waals surface area contributed by atoms with Crippen molar-refractivity contribution in [3.8, 4) is 0 Å². The molecule has 3 rings (SSSR count). The van der Waals surface area contributed by atoms with Gasteiger partial charge < -0.3 is 10.6 Å². The molecule has 2 N–H and O–H groups in total. The van der Waals surface area contributed by atoms with E-state index in [9.17, 15) is 4.79 Å². The van der Waals surface area contributed by atoms with E-state index in [-0.39, 0.29) is 11.3 Å². The molecule has 3 heteroatoms. The molecule has 0 unspecified atom stereocenters. The summed E-state index contributed by atoms with van der Waals surface area (Å²) < 4.78 is 0. The molecule has 1 saturated carbocycles. The van der Waals surface area contributed by atoms with Crippen LogP contribution >= 0.6 is 0 Å². The van der Waals surface area contributed by atoms with Crippen LogP contribution in [0.4, 0.5) is 0 Å². The highest BCUT2D eigenvalue weighted by Gasteiger charge is 2.61. The minimum atomic E-state index is -0.335. The van der Waals surface area contributed by atoms with Crippen molar-refractivity contribution in [3.05, 3.63) is 34.9 Å². The van der Waals surface area contributed by atoms with Crippen LogP contribution < -0.4 is 5.73 Å². The van der Waals surface area contributed by atoms with Crippen molar-refractivity contribution >= 4 is 5.91 Å². The molecule has 0 aromatic heterocycles. The number of hydrogen-bond donors (Lipinski definition) is 1. The van der Waals surface area contributed by atoms with Gasteiger partial charge in [0.05, 0.1) is 5.41 Å². The highest BCUT2D eigenvalue weighted by Crippen LogP contribution is 2.55. The molecule has 1 fully saturated rings. The number of hydrogen-bond acceptors (Lipinski definition) is 2. The van der Waals surface area contributed by atoms with Gasteiger partial charge in [0, 0.05) is 13.1 Å². The molecule has 2 atom stereocenters. The number of carbonyl (C=O) groups is 1. The molecular formula is C18H26N2O. The van der Waals surface area contributed by atoms with Crippen molar-refractivity contribution in [2.75, 3.05) is 19.6 Å². The van der Waals surface area contributed by atoms with Crippen LogP contribution in [0.25, 0.3) is 0 Å². The molecule has 0 radical (unpaired) electrons. The van der Waals surface area contributed by atoms with Crippen LogP contribution in [0.3, 0.4) is 0 Å². The van der Waals surface area contributed by atoms with Crippen LogP contribution in [0, 0.1) is 5.92 Å². The Morgan fingerprint density at radius 1 is 1.29 bits per heavy atom. The van der Waals surface area contributed by atoms with Gasteiger partial charge in [-0.1, -0.05) is 18.2 Å². The van der Waals surface area contributed by atoms with Crippen LogP contribution in [0.15, 0.2) is 18.2 Å². The van der Waals surface area contributed by atoms with Crippen LogP contribution in [-0.4, -0.2) is 30.4 Å². The fourth-order valence-electron chi connectivity index (χ4n) is 4.00. The molecule has 1 aromatic rings. The third kappa shape index (κ3) is 2.18. The number of nitrogens with zero attached hydrogens (tertiary/aromatic N) is 1. The van der Waals surface area contributed by atoms with E-state index in [2.05, 4.69) is 32.0 Å². The van der Waals surface area contributed by atoms with E-state index in [1.807, 2.05) is 4.90 Å². The molecular weight excluding hydrogens is 260 g/mol. The maximum absolute atomic E-state index is 13.0. The quantitative estimate of drug-likeness (QED) is 0.902. The van der Waals surface area contributed by atoms with Crippen molar-refractivity contribution in [2.24, 2.45) is 11.7 Å². The average molecular weight is 286 g/mol. The third-order valence-corrected chi connectivity index (χ3v) is 5.44. The number of likely N-dealkylation sites (N-methyl/N-ethyl adjacent to an activating group) is 1. The van der Waals surface area contributed by atoms with Gasteiger partial charge >= 0.3 is 0 Å². The normalized spacial score (nSPS) is 26.5. The lowest BCUT2D eigenvalue weighted by Crippen LogP contribution is -2.41. The zero-order valence-corrected chi connectivity index (χ0v) is 13.2. The van der Waals surface area contributed by atoms with Gasteiger partial charge in [-0.05, 0) is 68.7 Å². The first-order chi connectivity index (χ1) is 10.2. The van der Waals surface area contributed by atoms with Crippen molar-refractivity contribution in [1.82, 2.24) is 4.90 Å². The molecule has 21 heavy (non-hydrogen) atoms. The SMILES string of the molecule is CCN(CC)C(=O)[C@@]1(c2ccc3c(c2)CCC3)C[C@H]1CN. The second-order valence-corrected chi connectivity index (χ2v) is 6.42. The number of fused-ring (bicyclic) bond motifs is 1. The van der Waals surface area contributed by atoms with Gasteiger partial charge in [0.1, 0.15) is 0 Å². The number of amides is 1. The number of rotatable bonds is 5. The predicted molar refractivity (Wildman–Crippen MR) is 85.2 cm³/mol. The molecule has 0 aliphatic heterocycles. The number of carbonyl (C=O) groups excluding carboxylic acids is 1. The Morgan fingerprint density at radius 3 is 2.62 bits per heavy atom. The van der Waals surface area contributed by atoms with Crippen molar-refractivity contribution in [2.45, 2.75) is 44.9 Å². The van der Waals surface area contributed by atoms with Gasteiger partial charge in [-0.2, -0.15) is 0 Å². The van der Waals surface area contributed by atoms with Crippen LogP contribution in [0.2, 0.25) is 0 Å². The van der Waals surface area contributed by atoms with Crippen LogP contribution in [0.5, 0.6) is 0 Å². The summed E-state index contributed by atoms with van der Waals surface area (Å²) in [6.45, 7) is 6.26. The second kappa shape index (κ2) is 5.45. The predicted octanol–water partition coefficient (Wildman–Crippen LogP) is 2.26. The monoisotopic (exact) mass is 286 g/mol. The second-order valence-electron chi connectivity index (χ2n) is 6.42.